The number of benzene rings is 3. The van der Waals surface area contributed by atoms with Crippen molar-refractivity contribution in [1.29, 1.82) is 0 Å². The number of amides is 2. The average molecular weight is 467 g/mol. The van der Waals surface area contributed by atoms with Gasteiger partial charge in [-0.05, 0) is 42.0 Å². The van der Waals surface area contributed by atoms with Gasteiger partial charge in [0.05, 0.1) is 16.9 Å². The molecule has 0 saturated heterocycles. The molecule has 0 spiro atoms. The van der Waals surface area contributed by atoms with Crippen LogP contribution in [0.4, 0.5) is 11.4 Å². The van der Waals surface area contributed by atoms with Crippen molar-refractivity contribution < 1.29 is 18.0 Å². The van der Waals surface area contributed by atoms with Gasteiger partial charge in [0.15, 0.2) is 0 Å². The second kappa shape index (κ2) is 10.3. The maximum Gasteiger partial charge on any atom is 0.303 e. The first-order valence-corrected chi connectivity index (χ1v) is 11.6. The van der Waals surface area contributed by atoms with Gasteiger partial charge in [-0.1, -0.05) is 42.5 Å². The lowest BCUT2D eigenvalue weighted by Gasteiger charge is -2.23. The van der Waals surface area contributed by atoms with E-state index < -0.39 is 16.1 Å². The van der Waals surface area contributed by atoms with Crippen molar-refractivity contribution in [2.24, 2.45) is 0 Å². The molecule has 0 aliphatic rings. The van der Waals surface area contributed by atoms with E-state index in [0.717, 1.165) is 14.2 Å². The molecule has 0 aliphatic heterocycles. The Kier molecular flexibility index (Phi) is 7.47. The Bertz CT molecular complexity index is 1230. The topological polar surface area (TPSA) is 98.8 Å². The van der Waals surface area contributed by atoms with E-state index in [0.29, 0.717) is 29.0 Å². The number of anilines is 2. The lowest BCUT2D eigenvalue weighted by Crippen LogP contribution is -2.37. The van der Waals surface area contributed by atoms with Crippen molar-refractivity contribution in [3.8, 4) is 0 Å². The molecule has 0 bridgehead atoms. The fourth-order valence-electron chi connectivity index (χ4n) is 3.06. The van der Waals surface area contributed by atoms with E-state index in [2.05, 4.69) is 10.6 Å². The summed E-state index contributed by atoms with van der Waals surface area (Å²) < 4.78 is 26.8. The van der Waals surface area contributed by atoms with Crippen LogP contribution in [0.5, 0.6) is 0 Å². The molecule has 0 fully saturated rings. The molecule has 8 nitrogen and oxygen atoms in total. The molecular formula is C24H26N4O4S. The third-order valence-corrected chi connectivity index (χ3v) is 6.84. The fourth-order valence-corrected chi connectivity index (χ4v) is 3.94. The van der Waals surface area contributed by atoms with Gasteiger partial charge in [-0.25, -0.2) is 0 Å². The SMILES string of the molecule is CN(C)S(=O)(=O)N(C)c1ccc(C(=O)Nc2ccccc2C(=O)NCc2ccccc2)cc1. The Balaban J connectivity index is 1.71. The van der Waals surface area contributed by atoms with Crippen LogP contribution in [0.3, 0.4) is 0 Å². The van der Waals surface area contributed by atoms with Crippen molar-refractivity contribution in [2.75, 3.05) is 30.8 Å². The Morgan fingerprint density at radius 2 is 1.39 bits per heavy atom. The average Bonchev–Trinajstić information content (AvgIpc) is 2.83. The van der Waals surface area contributed by atoms with Gasteiger partial charge >= 0.3 is 10.2 Å². The molecule has 0 atom stereocenters. The molecule has 0 aliphatic carbocycles. The van der Waals surface area contributed by atoms with Gasteiger partial charge in [-0.2, -0.15) is 12.7 Å². The van der Waals surface area contributed by atoms with Crippen molar-refractivity contribution >= 4 is 33.4 Å². The summed E-state index contributed by atoms with van der Waals surface area (Å²) in [5.74, 6) is -0.719. The van der Waals surface area contributed by atoms with E-state index in [-0.39, 0.29) is 5.91 Å². The molecule has 3 rings (SSSR count). The molecule has 172 valence electrons. The van der Waals surface area contributed by atoms with Crippen molar-refractivity contribution in [3.63, 3.8) is 0 Å². The van der Waals surface area contributed by atoms with E-state index in [1.165, 1.54) is 33.3 Å². The van der Waals surface area contributed by atoms with Gasteiger partial charge in [-0.3, -0.25) is 13.9 Å². The number of hydrogen-bond acceptors (Lipinski definition) is 4. The van der Waals surface area contributed by atoms with Crippen LogP contribution in [-0.4, -0.2) is 45.7 Å². The molecule has 0 radical (unpaired) electrons. The number of nitrogens with one attached hydrogen (secondary N) is 2. The zero-order valence-electron chi connectivity index (χ0n) is 18.6. The molecule has 0 saturated carbocycles. The third kappa shape index (κ3) is 5.76. The van der Waals surface area contributed by atoms with Crippen molar-refractivity contribution in [1.82, 2.24) is 9.62 Å². The normalized spacial score (nSPS) is 11.2. The van der Waals surface area contributed by atoms with E-state index in [1.807, 2.05) is 30.3 Å². The molecule has 9 heteroatoms. The summed E-state index contributed by atoms with van der Waals surface area (Å²) >= 11 is 0. The summed E-state index contributed by atoms with van der Waals surface area (Å²) in [4.78, 5) is 25.5. The summed E-state index contributed by atoms with van der Waals surface area (Å²) in [7, 11) is 0.700. The zero-order chi connectivity index (χ0) is 24.0. The highest BCUT2D eigenvalue weighted by atomic mass is 32.2. The van der Waals surface area contributed by atoms with Crippen LogP contribution >= 0.6 is 0 Å². The summed E-state index contributed by atoms with van der Waals surface area (Å²) in [6.07, 6.45) is 0. The van der Waals surface area contributed by atoms with Crippen LogP contribution in [-0.2, 0) is 16.8 Å². The Morgan fingerprint density at radius 3 is 2.03 bits per heavy atom. The maximum absolute atomic E-state index is 12.8. The van der Waals surface area contributed by atoms with Gasteiger partial charge in [0.1, 0.15) is 0 Å². The molecule has 3 aromatic carbocycles. The summed E-state index contributed by atoms with van der Waals surface area (Å²) in [6, 6.07) is 22.4. The Labute approximate surface area is 194 Å². The van der Waals surface area contributed by atoms with E-state index in [9.17, 15) is 18.0 Å². The van der Waals surface area contributed by atoms with Crippen LogP contribution in [0.1, 0.15) is 26.3 Å². The highest BCUT2D eigenvalue weighted by Crippen LogP contribution is 2.20. The first kappa shape index (κ1) is 24.0. The summed E-state index contributed by atoms with van der Waals surface area (Å²) in [5, 5.41) is 5.62. The number of hydrogen-bond donors (Lipinski definition) is 2. The predicted molar refractivity (Wildman–Crippen MR) is 129 cm³/mol. The molecule has 33 heavy (non-hydrogen) atoms. The quantitative estimate of drug-likeness (QED) is 0.533. The molecule has 2 amide bonds. The van der Waals surface area contributed by atoms with E-state index in [4.69, 9.17) is 0 Å². The number of rotatable bonds is 8. The van der Waals surface area contributed by atoms with Crippen LogP contribution in [0.2, 0.25) is 0 Å². The fraction of sp³-hybridized carbons (Fsp3) is 0.167. The minimum Gasteiger partial charge on any atom is -0.348 e. The second-order valence-corrected chi connectivity index (χ2v) is 9.65. The molecular weight excluding hydrogens is 440 g/mol. The Morgan fingerprint density at radius 1 is 0.788 bits per heavy atom. The smallest absolute Gasteiger partial charge is 0.303 e. The first-order valence-electron chi connectivity index (χ1n) is 10.2. The first-order chi connectivity index (χ1) is 15.7. The largest absolute Gasteiger partial charge is 0.348 e. The molecule has 0 aromatic heterocycles. The number of carbonyl (C=O) groups excluding carboxylic acids is 2. The lowest BCUT2D eigenvalue weighted by molar-refractivity contribution is 0.0951. The monoisotopic (exact) mass is 466 g/mol. The lowest BCUT2D eigenvalue weighted by atomic mass is 10.1. The number of para-hydroxylation sites is 1. The third-order valence-electron chi connectivity index (χ3n) is 5.02. The van der Waals surface area contributed by atoms with Crippen LogP contribution in [0.25, 0.3) is 0 Å². The molecule has 2 N–H and O–H groups in total. The van der Waals surface area contributed by atoms with Crippen LogP contribution in [0, 0.1) is 0 Å². The van der Waals surface area contributed by atoms with Gasteiger partial charge in [0.25, 0.3) is 11.8 Å². The van der Waals surface area contributed by atoms with Gasteiger partial charge in [0.2, 0.25) is 0 Å². The van der Waals surface area contributed by atoms with Crippen LogP contribution < -0.4 is 14.9 Å². The maximum atomic E-state index is 12.8. The van der Waals surface area contributed by atoms with Crippen LogP contribution in [0.15, 0.2) is 78.9 Å². The van der Waals surface area contributed by atoms with E-state index >= 15 is 0 Å². The Hall–Kier alpha value is -3.69. The highest BCUT2D eigenvalue weighted by Gasteiger charge is 2.21. The van der Waals surface area contributed by atoms with Crippen molar-refractivity contribution in [3.05, 3.63) is 95.6 Å². The van der Waals surface area contributed by atoms with Gasteiger partial charge < -0.3 is 10.6 Å². The summed E-state index contributed by atoms with van der Waals surface area (Å²) in [6.45, 7) is 0.368. The van der Waals surface area contributed by atoms with Gasteiger partial charge in [-0.15, -0.1) is 0 Å². The molecule has 3 aromatic rings. The standard InChI is InChI=1S/C24H26N4O4S/c1-27(2)33(31,32)28(3)20-15-13-19(14-16-20)23(29)26-22-12-8-7-11-21(22)24(30)25-17-18-9-5-4-6-10-18/h4-16H,17H2,1-3H3,(H,25,30)(H,26,29). The number of carbonyl (C=O) groups is 2. The second-order valence-electron chi connectivity index (χ2n) is 7.47. The molecule has 0 heterocycles. The van der Waals surface area contributed by atoms with Crippen molar-refractivity contribution in [2.45, 2.75) is 6.54 Å². The predicted octanol–water partition coefficient (Wildman–Crippen LogP) is 3.11. The summed E-state index contributed by atoms with van der Waals surface area (Å²) in [5.41, 5.74) is 2.43. The zero-order valence-corrected chi connectivity index (χ0v) is 19.5. The van der Waals surface area contributed by atoms with Gasteiger partial charge in [0, 0.05) is 33.3 Å². The van der Waals surface area contributed by atoms with E-state index in [1.54, 1.807) is 36.4 Å². The number of nitrogens with zero attached hydrogens (tertiary/aromatic N) is 2. The molecule has 0 unspecified atom stereocenters. The minimum absolute atomic E-state index is 0.305. The minimum atomic E-state index is -3.63. The highest BCUT2D eigenvalue weighted by molar-refractivity contribution is 7.90.